The van der Waals surface area contributed by atoms with Gasteiger partial charge in [0.05, 0.1) is 6.04 Å². The van der Waals surface area contributed by atoms with Crippen molar-refractivity contribution < 1.29 is 9.32 Å². The molecular weight excluding hydrogens is 316 g/mol. The fraction of sp³-hybridized carbons (Fsp3) is 0.526. The lowest BCUT2D eigenvalue weighted by Gasteiger charge is -2.61. The number of aromatic nitrogens is 2. The molecule has 25 heavy (non-hydrogen) atoms. The number of carbonyl (C=O) groups is 1. The predicted octanol–water partition coefficient (Wildman–Crippen LogP) is 3.14. The third-order valence-electron chi connectivity index (χ3n) is 5.97. The molecule has 3 saturated carbocycles. The Morgan fingerprint density at radius 1 is 1.36 bits per heavy atom. The number of hydrogen-bond acceptors (Lipinski definition) is 4. The van der Waals surface area contributed by atoms with Gasteiger partial charge in [-0.15, -0.1) is 0 Å². The zero-order valence-electron chi connectivity index (χ0n) is 14.3. The molecule has 0 aliphatic heterocycles. The molecule has 1 aromatic heterocycles. The van der Waals surface area contributed by atoms with Crippen molar-refractivity contribution in [1.82, 2.24) is 20.8 Å². The van der Waals surface area contributed by atoms with Crippen LogP contribution in [0, 0.1) is 5.92 Å². The van der Waals surface area contributed by atoms with Gasteiger partial charge in [0.25, 0.3) is 0 Å². The van der Waals surface area contributed by atoms with E-state index in [9.17, 15) is 4.79 Å². The lowest BCUT2D eigenvalue weighted by atomic mass is 9.50. The highest BCUT2D eigenvalue weighted by Crippen LogP contribution is 2.56. The molecule has 4 aliphatic rings. The second-order valence-corrected chi connectivity index (χ2v) is 7.73. The van der Waals surface area contributed by atoms with E-state index in [0.717, 1.165) is 50.0 Å². The van der Waals surface area contributed by atoms with E-state index >= 15 is 0 Å². The van der Waals surface area contributed by atoms with Gasteiger partial charge >= 0.3 is 6.03 Å². The second-order valence-electron chi connectivity index (χ2n) is 7.73. The van der Waals surface area contributed by atoms with Gasteiger partial charge in [-0.25, -0.2) is 4.79 Å². The summed E-state index contributed by atoms with van der Waals surface area (Å²) in [6.07, 6.45) is 6.12. The molecule has 2 bridgehead atoms. The minimum Gasteiger partial charge on any atom is -0.339 e. The first-order valence-electron chi connectivity index (χ1n) is 9.18. The van der Waals surface area contributed by atoms with Crippen LogP contribution in [0.5, 0.6) is 0 Å². The summed E-state index contributed by atoms with van der Waals surface area (Å²) in [6, 6.07) is 6.30. The van der Waals surface area contributed by atoms with E-state index in [1.54, 1.807) is 0 Å². The first-order chi connectivity index (χ1) is 12.1. The first kappa shape index (κ1) is 14.9. The smallest absolute Gasteiger partial charge is 0.315 e. The maximum Gasteiger partial charge on any atom is 0.315 e. The number of carbonyl (C=O) groups excluding carboxylic acids is 1. The van der Waals surface area contributed by atoms with E-state index in [1.807, 2.05) is 13.0 Å². The fourth-order valence-electron chi connectivity index (χ4n) is 4.49. The van der Waals surface area contributed by atoms with Crippen LogP contribution in [0.3, 0.4) is 0 Å². The van der Waals surface area contributed by atoms with Gasteiger partial charge in [0.2, 0.25) is 11.7 Å². The number of benzene rings is 1. The monoisotopic (exact) mass is 338 g/mol. The van der Waals surface area contributed by atoms with Gasteiger partial charge in [0, 0.05) is 17.5 Å². The molecule has 6 heteroatoms. The van der Waals surface area contributed by atoms with E-state index in [0.29, 0.717) is 11.7 Å². The van der Waals surface area contributed by atoms with E-state index in [-0.39, 0.29) is 17.6 Å². The first-order valence-corrected chi connectivity index (χ1v) is 9.18. The second kappa shape index (κ2) is 5.31. The summed E-state index contributed by atoms with van der Waals surface area (Å²) in [4.78, 5) is 16.7. The number of hydrogen-bond donors (Lipinski definition) is 2. The number of urea groups is 1. The number of fused-ring (bicyclic) bond motifs is 1. The maximum atomic E-state index is 12.3. The Morgan fingerprint density at radius 2 is 2.20 bits per heavy atom. The molecule has 2 aromatic rings. The van der Waals surface area contributed by atoms with Gasteiger partial charge in [-0.1, -0.05) is 24.2 Å². The van der Waals surface area contributed by atoms with Crippen LogP contribution >= 0.6 is 0 Å². The zero-order chi connectivity index (χ0) is 17.0. The maximum absolute atomic E-state index is 12.3. The molecule has 0 saturated heterocycles. The molecule has 0 radical (unpaired) electrons. The molecule has 3 fully saturated rings. The SMILES string of the molecule is CCc1nc(-c2ccc3c(c2)CC[C@H]3NC(=O)NC23CC(C2)C3)no1. The minimum absolute atomic E-state index is 0.0224. The Labute approximate surface area is 146 Å². The average molecular weight is 338 g/mol. The van der Waals surface area contributed by atoms with Crippen LogP contribution in [-0.4, -0.2) is 21.7 Å². The number of rotatable bonds is 4. The van der Waals surface area contributed by atoms with Crippen molar-refractivity contribution in [2.75, 3.05) is 0 Å². The van der Waals surface area contributed by atoms with Crippen molar-refractivity contribution in [2.45, 2.75) is 57.0 Å². The largest absolute Gasteiger partial charge is 0.339 e. The summed E-state index contributed by atoms with van der Waals surface area (Å²) in [7, 11) is 0. The molecule has 1 heterocycles. The molecule has 0 unspecified atom stereocenters. The molecule has 6 rings (SSSR count). The quantitative estimate of drug-likeness (QED) is 0.897. The Kier molecular flexibility index (Phi) is 3.17. The highest BCUT2D eigenvalue weighted by molar-refractivity contribution is 5.76. The van der Waals surface area contributed by atoms with Crippen molar-refractivity contribution in [3.8, 4) is 11.4 Å². The van der Waals surface area contributed by atoms with E-state index < -0.39 is 0 Å². The molecule has 2 amide bonds. The van der Waals surface area contributed by atoms with E-state index in [2.05, 4.69) is 32.9 Å². The van der Waals surface area contributed by atoms with E-state index in [1.165, 1.54) is 11.1 Å². The predicted molar refractivity (Wildman–Crippen MR) is 91.9 cm³/mol. The summed E-state index contributed by atoms with van der Waals surface area (Å²) < 4.78 is 5.20. The lowest BCUT2D eigenvalue weighted by Crippen LogP contribution is -2.69. The number of amides is 2. The number of nitrogens with zero attached hydrogens (tertiary/aromatic N) is 2. The van der Waals surface area contributed by atoms with Crippen LogP contribution in [0.2, 0.25) is 0 Å². The van der Waals surface area contributed by atoms with Crippen LogP contribution in [0.15, 0.2) is 22.7 Å². The van der Waals surface area contributed by atoms with Gasteiger partial charge in [0.15, 0.2) is 0 Å². The highest BCUT2D eigenvalue weighted by atomic mass is 16.5. The van der Waals surface area contributed by atoms with Crippen molar-refractivity contribution in [3.05, 3.63) is 35.2 Å². The van der Waals surface area contributed by atoms with Crippen LogP contribution in [0.1, 0.15) is 55.7 Å². The Morgan fingerprint density at radius 3 is 2.88 bits per heavy atom. The molecule has 0 spiro atoms. The van der Waals surface area contributed by atoms with E-state index in [4.69, 9.17) is 4.52 Å². The Balaban J connectivity index is 1.29. The lowest BCUT2D eigenvalue weighted by molar-refractivity contribution is -0.0404. The fourth-order valence-corrected chi connectivity index (χ4v) is 4.49. The molecule has 130 valence electrons. The van der Waals surface area contributed by atoms with Gasteiger partial charge in [0.1, 0.15) is 0 Å². The van der Waals surface area contributed by atoms with Crippen molar-refractivity contribution in [3.63, 3.8) is 0 Å². The van der Waals surface area contributed by atoms with Gasteiger partial charge in [-0.05, 0) is 55.2 Å². The van der Waals surface area contributed by atoms with Crippen LogP contribution in [-0.2, 0) is 12.8 Å². The Hall–Kier alpha value is -2.37. The average Bonchev–Trinajstić information content (AvgIpc) is 3.16. The number of aryl methyl sites for hydroxylation is 2. The third-order valence-corrected chi connectivity index (χ3v) is 5.97. The summed E-state index contributed by atoms with van der Waals surface area (Å²) in [6.45, 7) is 1.99. The summed E-state index contributed by atoms with van der Waals surface area (Å²) >= 11 is 0. The van der Waals surface area contributed by atoms with Gasteiger partial charge < -0.3 is 15.2 Å². The van der Waals surface area contributed by atoms with Crippen molar-refractivity contribution >= 4 is 6.03 Å². The summed E-state index contributed by atoms with van der Waals surface area (Å²) in [5.41, 5.74) is 3.56. The third kappa shape index (κ3) is 2.42. The molecule has 6 nitrogen and oxygen atoms in total. The van der Waals surface area contributed by atoms with Gasteiger partial charge in [-0.2, -0.15) is 4.98 Å². The topological polar surface area (TPSA) is 80.0 Å². The minimum atomic E-state index is -0.0224. The van der Waals surface area contributed by atoms with Crippen molar-refractivity contribution in [1.29, 1.82) is 0 Å². The molecule has 1 atom stereocenters. The molecule has 2 N–H and O–H groups in total. The van der Waals surface area contributed by atoms with Gasteiger partial charge in [-0.3, -0.25) is 0 Å². The molecule has 4 aliphatic carbocycles. The molecular formula is C19H22N4O2. The summed E-state index contributed by atoms with van der Waals surface area (Å²) in [5, 5.41) is 10.4. The standard InChI is InChI=1S/C19H22N4O2/c1-2-16-21-17(23-25-16)13-3-5-14-12(7-13)4-6-15(14)20-18(24)22-19-8-11(9-19)10-19/h3,5,7,11,15H,2,4,6,8-10H2,1H3,(H2,20,22,24)/t11?,15-,19?/m1/s1. The molecule has 1 aromatic carbocycles. The van der Waals surface area contributed by atoms with Crippen LogP contribution in [0.4, 0.5) is 4.79 Å². The van der Waals surface area contributed by atoms with Crippen LogP contribution < -0.4 is 10.6 Å². The number of nitrogens with one attached hydrogen (secondary N) is 2. The van der Waals surface area contributed by atoms with Crippen LogP contribution in [0.25, 0.3) is 11.4 Å². The summed E-state index contributed by atoms with van der Waals surface area (Å²) in [5.74, 6) is 2.15. The highest BCUT2D eigenvalue weighted by Gasteiger charge is 2.57. The van der Waals surface area contributed by atoms with Crippen molar-refractivity contribution in [2.24, 2.45) is 5.92 Å². The zero-order valence-corrected chi connectivity index (χ0v) is 14.3. The normalized spacial score (nSPS) is 28.7. The Bertz CT molecular complexity index is 827.